The fourth-order valence-corrected chi connectivity index (χ4v) is 5.02. The van der Waals surface area contributed by atoms with Gasteiger partial charge in [0.25, 0.3) is 0 Å². The summed E-state index contributed by atoms with van der Waals surface area (Å²) in [4.78, 5) is 0. The molecule has 0 heterocycles. The van der Waals surface area contributed by atoms with Crippen molar-refractivity contribution in [1.82, 2.24) is 0 Å². The molecular weight excluding hydrogens is 450 g/mol. The number of hydrogen-bond acceptors (Lipinski definition) is 0. The number of rotatable bonds is 2. The third kappa shape index (κ3) is 4.07. The van der Waals surface area contributed by atoms with Crippen LogP contribution in [-0.4, -0.2) is 0 Å². The van der Waals surface area contributed by atoms with Crippen LogP contribution in [0, 0.1) is 12.0 Å². The first-order valence-electron chi connectivity index (χ1n) is 9.40. The SMILES string of the molecule is [C-]1=Cc2ccccc2C1C1C(C2CCCCC2)=Cc2ccccc21.[Cl-].[Cl-].[Zr+3]. The molecule has 3 heteroatoms. The van der Waals surface area contributed by atoms with Gasteiger partial charge in [0.2, 0.25) is 0 Å². The van der Waals surface area contributed by atoms with Crippen LogP contribution < -0.4 is 24.8 Å². The van der Waals surface area contributed by atoms with Gasteiger partial charge in [-0.15, -0.1) is 11.6 Å². The number of halogens is 2. The van der Waals surface area contributed by atoms with Crippen LogP contribution in [-0.2, 0) is 26.2 Å². The summed E-state index contributed by atoms with van der Waals surface area (Å²) in [5.41, 5.74) is 7.45. The molecule has 0 nitrogen and oxygen atoms in total. The molecule has 0 N–H and O–H groups in total. The molecule has 0 spiro atoms. The smallest absolute Gasteiger partial charge is 1.00 e. The van der Waals surface area contributed by atoms with E-state index in [4.69, 9.17) is 0 Å². The molecule has 27 heavy (non-hydrogen) atoms. The van der Waals surface area contributed by atoms with Gasteiger partial charge >= 0.3 is 26.2 Å². The zero-order chi connectivity index (χ0) is 15.9. The van der Waals surface area contributed by atoms with E-state index in [2.05, 4.69) is 66.8 Å². The first-order valence-corrected chi connectivity index (χ1v) is 9.40. The molecule has 0 saturated heterocycles. The molecule has 1 radical (unpaired) electrons. The van der Waals surface area contributed by atoms with Crippen LogP contribution in [0.15, 0.2) is 54.1 Å². The number of fused-ring (bicyclic) bond motifs is 2. The van der Waals surface area contributed by atoms with Gasteiger partial charge < -0.3 is 24.8 Å². The van der Waals surface area contributed by atoms with E-state index in [0.717, 1.165) is 5.92 Å². The van der Waals surface area contributed by atoms with Gasteiger partial charge in [0.15, 0.2) is 0 Å². The fourth-order valence-electron chi connectivity index (χ4n) is 5.02. The zero-order valence-electron chi connectivity index (χ0n) is 15.3. The maximum absolute atomic E-state index is 3.71. The molecule has 2 unspecified atom stereocenters. The average molecular weight is 474 g/mol. The number of allylic oxidation sites excluding steroid dienone is 2. The van der Waals surface area contributed by atoms with E-state index in [1.54, 1.807) is 5.57 Å². The topological polar surface area (TPSA) is 0 Å². The van der Waals surface area contributed by atoms with E-state index >= 15 is 0 Å². The summed E-state index contributed by atoms with van der Waals surface area (Å²) < 4.78 is 0. The van der Waals surface area contributed by atoms with Gasteiger partial charge in [-0.2, -0.15) is 5.56 Å². The quantitative estimate of drug-likeness (QED) is 0.553. The molecule has 3 aliphatic rings. The second-order valence-electron chi connectivity index (χ2n) is 7.50. The Morgan fingerprint density at radius 1 is 0.741 bits per heavy atom. The Kier molecular flexibility index (Phi) is 8.17. The normalized spacial score (nSPS) is 22.6. The molecular formula is C24H23Cl2Zr. The predicted molar refractivity (Wildman–Crippen MR) is 101 cm³/mol. The van der Waals surface area contributed by atoms with Crippen molar-refractivity contribution < 1.29 is 51.0 Å². The summed E-state index contributed by atoms with van der Waals surface area (Å²) in [6.45, 7) is 0. The number of hydrogen-bond donors (Lipinski definition) is 0. The summed E-state index contributed by atoms with van der Waals surface area (Å²) in [6.07, 6.45) is 15.4. The Labute approximate surface area is 194 Å². The van der Waals surface area contributed by atoms with Gasteiger partial charge in [-0.1, -0.05) is 79.3 Å². The van der Waals surface area contributed by atoms with Crippen LogP contribution in [0.1, 0.15) is 66.2 Å². The van der Waals surface area contributed by atoms with Crippen LogP contribution in [0.25, 0.3) is 12.2 Å². The molecule has 0 amide bonds. The minimum absolute atomic E-state index is 0. The fraction of sp³-hybridized carbons (Fsp3) is 0.333. The van der Waals surface area contributed by atoms with E-state index < -0.39 is 0 Å². The third-order valence-electron chi connectivity index (χ3n) is 6.17. The summed E-state index contributed by atoms with van der Waals surface area (Å²) in [7, 11) is 0. The predicted octanol–water partition coefficient (Wildman–Crippen LogP) is 0.367. The maximum Gasteiger partial charge on any atom is 3.00 e. The molecule has 3 aliphatic carbocycles. The molecule has 1 saturated carbocycles. The van der Waals surface area contributed by atoms with Crippen molar-refractivity contribution in [3.05, 3.63) is 82.4 Å². The van der Waals surface area contributed by atoms with Crippen molar-refractivity contribution in [3.63, 3.8) is 0 Å². The first kappa shape index (κ1) is 22.7. The van der Waals surface area contributed by atoms with Crippen molar-refractivity contribution >= 4 is 12.2 Å². The van der Waals surface area contributed by atoms with Gasteiger partial charge in [-0.25, -0.2) is 6.08 Å². The summed E-state index contributed by atoms with van der Waals surface area (Å²) >= 11 is 0. The molecule has 0 bridgehead atoms. The van der Waals surface area contributed by atoms with Gasteiger partial charge in [0, 0.05) is 0 Å². The summed E-state index contributed by atoms with van der Waals surface area (Å²) in [5, 5.41) is 0. The average Bonchev–Trinajstić information content (AvgIpc) is 3.23. The van der Waals surface area contributed by atoms with E-state index in [9.17, 15) is 0 Å². The summed E-state index contributed by atoms with van der Waals surface area (Å²) in [5.74, 6) is 1.65. The van der Waals surface area contributed by atoms with Crippen LogP contribution >= 0.6 is 0 Å². The monoisotopic (exact) mass is 471 g/mol. The van der Waals surface area contributed by atoms with Crippen LogP contribution in [0.5, 0.6) is 0 Å². The van der Waals surface area contributed by atoms with Crippen molar-refractivity contribution in [2.24, 2.45) is 5.92 Å². The molecule has 5 rings (SSSR count). The third-order valence-corrected chi connectivity index (χ3v) is 6.17. The van der Waals surface area contributed by atoms with Crippen LogP contribution in [0.3, 0.4) is 0 Å². The second-order valence-corrected chi connectivity index (χ2v) is 7.50. The molecule has 1 fully saturated rings. The first-order chi connectivity index (χ1) is 11.9. The van der Waals surface area contributed by atoms with Crippen molar-refractivity contribution in [3.8, 4) is 0 Å². The van der Waals surface area contributed by atoms with Gasteiger partial charge in [-0.05, 0) is 35.8 Å². The van der Waals surface area contributed by atoms with E-state index in [1.807, 2.05) is 0 Å². The van der Waals surface area contributed by atoms with Crippen molar-refractivity contribution in [1.29, 1.82) is 0 Å². The maximum atomic E-state index is 3.71. The molecule has 2 aromatic carbocycles. The molecule has 2 atom stereocenters. The van der Waals surface area contributed by atoms with E-state index in [0.29, 0.717) is 11.8 Å². The van der Waals surface area contributed by atoms with Gasteiger partial charge in [0.1, 0.15) is 0 Å². The minimum Gasteiger partial charge on any atom is -1.00 e. The van der Waals surface area contributed by atoms with Gasteiger partial charge in [-0.3, -0.25) is 6.08 Å². The van der Waals surface area contributed by atoms with Crippen molar-refractivity contribution in [2.45, 2.75) is 43.9 Å². The van der Waals surface area contributed by atoms with Crippen LogP contribution in [0.2, 0.25) is 0 Å². The Morgan fingerprint density at radius 2 is 1.37 bits per heavy atom. The van der Waals surface area contributed by atoms with E-state index in [1.165, 1.54) is 54.4 Å². The Hall–Kier alpha value is -0.617. The standard InChI is InChI=1S/C24H23.2ClH.Zr/c1-2-8-17(9-3-1)23-16-19-11-5-7-13-21(19)24(23)22-15-14-18-10-4-6-12-20(18)22;;;/h4-7,10-14,16-17,22,24H,1-3,8-9H2;2*1H;/q-1;;;+3/p-2. The molecule has 137 valence electrons. The Morgan fingerprint density at radius 3 is 2.11 bits per heavy atom. The van der Waals surface area contributed by atoms with Crippen LogP contribution in [0.4, 0.5) is 0 Å². The Balaban J connectivity index is 0.000000871. The Bertz CT molecular complexity index is 834. The van der Waals surface area contributed by atoms with E-state index in [-0.39, 0.29) is 51.0 Å². The number of benzene rings is 2. The molecule has 0 aliphatic heterocycles. The zero-order valence-corrected chi connectivity index (χ0v) is 19.3. The summed E-state index contributed by atoms with van der Waals surface area (Å²) in [6, 6.07) is 17.9. The molecule has 0 aromatic heterocycles. The molecule has 2 aromatic rings. The largest absolute Gasteiger partial charge is 3.00 e. The minimum atomic E-state index is 0. The second kappa shape index (κ2) is 9.73. The van der Waals surface area contributed by atoms with Crippen molar-refractivity contribution in [2.75, 3.05) is 0 Å². The van der Waals surface area contributed by atoms with Gasteiger partial charge in [0.05, 0.1) is 0 Å².